The number of ether oxygens (including phenoxy) is 4. The van der Waals surface area contributed by atoms with Gasteiger partial charge >= 0.3 is 0 Å². The van der Waals surface area contributed by atoms with E-state index >= 15 is 0 Å². The van der Waals surface area contributed by atoms with E-state index in [1.165, 1.54) is 74.6 Å². The van der Waals surface area contributed by atoms with Crippen LogP contribution in [0.15, 0.2) is 60.7 Å². The van der Waals surface area contributed by atoms with Crippen molar-refractivity contribution >= 4 is 98.7 Å². The minimum Gasteiger partial charge on any atom is -0.454 e. The van der Waals surface area contributed by atoms with E-state index in [1.807, 2.05) is 22.7 Å². The molecule has 0 saturated heterocycles. The molecule has 2 aromatic heterocycles. The van der Waals surface area contributed by atoms with E-state index in [0.717, 1.165) is 56.6 Å². The smallest absolute Gasteiger partial charge is 0.256 e. The lowest BCUT2D eigenvalue weighted by molar-refractivity contribution is 0.173. The van der Waals surface area contributed by atoms with Gasteiger partial charge in [0.1, 0.15) is 0 Å². The summed E-state index contributed by atoms with van der Waals surface area (Å²) in [6.45, 7) is 25.4. The highest BCUT2D eigenvalue weighted by Gasteiger charge is 2.48. The molecule has 0 saturated carbocycles. The molecule has 6 heterocycles. The van der Waals surface area contributed by atoms with Crippen LogP contribution in [0, 0.1) is 34.6 Å². The maximum absolute atomic E-state index is 6.19. The molecule has 11 rings (SSSR count). The van der Waals surface area contributed by atoms with Gasteiger partial charge in [0.15, 0.2) is 23.0 Å². The first-order chi connectivity index (χ1) is 27.6. The predicted octanol–water partition coefficient (Wildman–Crippen LogP) is 11.8. The van der Waals surface area contributed by atoms with Gasteiger partial charge in [0.25, 0.3) is 6.71 Å². The third-order valence-corrected chi connectivity index (χ3v) is 15.1. The van der Waals surface area contributed by atoms with Gasteiger partial charge in [-0.15, -0.1) is 22.7 Å². The fourth-order valence-electron chi connectivity index (χ4n) is 9.95. The third kappa shape index (κ3) is 4.89. The Bertz CT molecular complexity index is 2770. The van der Waals surface area contributed by atoms with E-state index in [0.29, 0.717) is 0 Å². The van der Waals surface area contributed by atoms with Crippen LogP contribution in [0.2, 0.25) is 0 Å². The lowest BCUT2D eigenvalue weighted by atomic mass is 9.33. The maximum atomic E-state index is 6.19. The first-order valence-corrected chi connectivity index (χ1v) is 21.9. The van der Waals surface area contributed by atoms with Gasteiger partial charge in [-0.05, 0) is 137 Å². The molecule has 0 amide bonds. The van der Waals surface area contributed by atoms with Crippen molar-refractivity contribution in [2.24, 2.45) is 0 Å². The lowest BCUT2D eigenvalue weighted by Crippen LogP contribution is -2.60. The molecule has 0 N–H and O–H groups in total. The minimum absolute atomic E-state index is 0.0122. The molecule has 7 aromatic rings. The monoisotopic (exact) mass is 802 g/mol. The molecule has 0 radical (unpaired) electrons. The summed E-state index contributed by atoms with van der Waals surface area (Å²) in [5, 5.41) is 5.19. The number of thiophene rings is 2. The van der Waals surface area contributed by atoms with Crippen LogP contribution in [0.5, 0.6) is 23.0 Å². The lowest BCUT2D eigenvalue weighted by Gasteiger charge is -2.43. The van der Waals surface area contributed by atoms with E-state index < -0.39 is 0 Å². The fraction of sp³-hybridized carbons (Fsp3) is 0.306. The molecule has 0 unspecified atom stereocenters. The summed E-state index contributed by atoms with van der Waals surface area (Å²) in [5.74, 6) is 3.29. The van der Waals surface area contributed by atoms with E-state index in [4.69, 9.17) is 18.9 Å². The van der Waals surface area contributed by atoms with E-state index in [-0.39, 0.29) is 31.1 Å². The van der Waals surface area contributed by atoms with Gasteiger partial charge in [0.05, 0.1) is 21.4 Å². The molecule has 5 aromatic carbocycles. The van der Waals surface area contributed by atoms with Crippen LogP contribution in [0.4, 0.5) is 32.8 Å². The molecule has 0 spiro atoms. The predicted molar refractivity (Wildman–Crippen MR) is 245 cm³/mol. The molecular weight excluding hydrogens is 755 g/mol. The van der Waals surface area contributed by atoms with Crippen molar-refractivity contribution in [2.75, 3.05) is 23.4 Å². The van der Waals surface area contributed by atoms with E-state index in [1.54, 1.807) is 0 Å². The fourth-order valence-corrected chi connectivity index (χ4v) is 12.4. The summed E-state index contributed by atoms with van der Waals surface area (Å²) in [6.07, 6.45) is 0. The van der Waals surface area contributed by atoms with Crippen LogP contribution in [-0.4, -0.2) is 20.3 Å². The summed E-state index contributed by atoms with van der Waals surface area (Å²) in [4.78, 5) is 5.15. The molecule has 58 heavy (non-hydrogen) atoms. The molecule has 6 nitrogen and oxygen atoms in total. The molecule has 0 atom stereocenters. The number of anilines is 6. The molecule has 0 aliphatic carbocycles. The average molecular weight is 803 g/mol. The Labute approximate surface area is 349 Å². The Morgan fingerprint density at radius 2 is 0.966 bits per heavy atom. The van der Waals surface area contributed by atoms with Crippen LogP contribution in [0.25, 0.3) is 20.2 Å². The highest BCUT2D eigenvalue weighted by Crippen LogP contribution is 2.55. The molecule has 4 aliphatic heterocycles. The highest BCUT2D eigenvalue weighted by molar-refractivity contribution is 7.29. The molecule has 292 valence electrons. The SMILES string of the molecule is Cc1cc2c3c(c1)N(c1c(C)cc4c(c1C)OCO4)c1sc4ccc(C(C)(C)C)cc4c1B3c1c(sc3ccc(C(C)(C)C)cc13)N2c1c(C)cc2c(c1C)OCO2. The number of hydrogen-bond acceptors (Lipinski definition) is 8. The van der Waals surface area contributed by atoms with Crippen LogP contribution >= 0.6 is 22.7 Å². The van der Waals surface area contributed by atoms with E-state index in [9.17, 15) is 0 Å². The van der Waals surface area contributed by atoms with Crippen LogP contribution in [0.1, 0.15) is 80.5 Å². The van der Waals surface area contributed by atoms with Crippen molar-refractivity contribution in [3.8, 4) is 23.0 Å². The number of benzene rings is 5. The first kappa shape index (κ1) is 36.0. The zero-order valence-electron chi connectivity index (χ0n) is 35.1. The van der Waals surface area contributed by atoms with Crippen molar-refractivity contribution in [1.82, 2.24) is 0 Å². The summed E-state index contributed by atoms with van der Waals surface area (Å²) >= 11 is 3.82. The summed E-state index contributed by atoms with van der Waals surface area (Å²) in [7, 11) is 0. The Balaban J connectivity index is 1.32. The van der Waals surface area contributed by atoms with E-state index in [2.05, 4.69) is 147 Å². The minimum atomic E-state index is -0.0136. The van der Waals surface area contributed by atoms with Gasteiger partial charge in [-0.2, -0.15) is 0 Å². The van der Waals surface area contributed by atoms with Crippen molar-refractivity contribution in [2.45, 2.75) is 87.0 Å². The summed E-state index contributed by atoms with van der Waals surface area (Å²) < 4.78 is 26.9. The Morgan fingerprint density at radius 1 is 0.534 bits per heavy atom. The van der Waals surface area contributed by atoms with Gasteiger partial charge in [-0.3, -0.25) is 0 Å². The van der Waals surface area contributed by atoms with Gasteiger partial charge in [-0.1, -0.05) is 65.8 Å². The second-order valence-electron chi connectivity index (χ2n) is 18.7. The largest absolute Gasteiger partial charge is 0.454 e. The second kappa shape index (κ2) is 12.0. The molecule has 4 aliphatic rings. The third-order valence-electron chi connectivity index (χ3n) is 12.7. The number of aryl methyl sites for hydroxylation is 3. The number of fused-ring (bicyclic) bond motifs is 10. The normalized spacial score (nSPS) is 15.1. The second-order valence-corrected chi connectivity index (χ2v) is 20.7. The average Bonchev–Trinajstić information content (AvgIpc) is 3.97. The number of hydrogen-bond donors (Lipinski definition) is 0. The van der Waals surface area contributed by atoms with Gasteiger partial charge in [-0.25, -0.2) is 0 Å². The van der Waals surface area contributed by atoms with Gasteiger partial charge < -0.3 is 28.7 Å². The van der Waals surface area contributed by atoms with Gasteiger partial charge in [0, 0.05) is 31.9 Å². The molecule has 9 heteroatoms. The summed E-state index contributed by atoms with van der Waals surface area (Å²) in [5.41, 5.74) is 17.1. The van der Waals surface area contributed by atoms with Crippen molar-refractivity contribution in [3.63, 3.8) is 0 Å². The van der Waals surface area contributed by atoms with Crippen LogP contribution in [0.3, 0.4) is 0 Å². The van der Waals surface area contributed by atoms with Gasteiger partial charge in [0.2, 0.25) is 13.6 Å². The molecule has 0 bridgehead atoms. The Kier molecular flexibility index (Phi) is 7.44. The molecular formula is C49H47BN2O4S2. The maximum Gasteiger partial charge on any atom is 0.256 e. The number of nitrogens with zero attached hydrogens (tertiary/aromatic N) is 2. The quantitative estimate of drug-likeness (QED) is 0.162. The standard InChI is InChI=1S/C49H47BN2O4S2/c1-24-16-33-41-34(17-24)52(43-26(3)19-36-45(28(43)5)56-23-54-36)47-40(32-21-30(49(9,10)11)13-15-38(32)58-47)50(41)39-31-20-29(48(6,7)8)12-14-37(31)57-46(39)51(33)42-25(2)18-35-44(27(42)4)55-22-53-35/h12-21H,22-23H2,1-11H3. The summed E-state index contributed by atoms with van der Waals surface area (Å²) in [6, 6.07) is 23.6. The first-order valence-electron chi connectivity index (χ1n) is 20.3. The molecule has 0 fully saturated rings. The number of rotatable bonds is 2. The Hall–Kier alpha value is -5.12. The zero-order chi connectivity index (χ0) is 40.3. The highest BCUT2D eigenvalue weighted by atomic mass is 32.1. The van der Waals surface area contributed by atoms with Crippen molar-refractivity contribution < 1.29 is 18.9 Å². The Morgan fingerprint density at radius 3 is 1.38 bits per heavy atom. The van der Waals surface area contributed by atoms with Crippen molar-refractivity contribution in [3.05, 3.63) is 99.6 Å². The topological polar surface area (TPSA) is 43.4 Å². The van der Waals surface area contributed by atoms with Crippen LogP contribution in [-0.2, 0) is 10.8 Å². The van der Waals surface area contributed by atoms with Crippen molar-refractivity contribution in [1.29, 1.82) is 0 Å². The van der Waals surface area contributed by atoms with Crippen LogP contribution < -0.4 is 45.1 Å². The zero-order valence-corrected chi connectivity index (χ0v) is 36.7.